The second kappa shape index (κ2) is 8.31. The third kappa shape index (κ3) is 5.21. The average molecular weight is 355 g/mol. The number of aromatic nitrogens is 4. The number of hydrogen-bond donors (Lipinski definition) is 2. The summed E-state index contributed by atoms with van der Waals surface area (Å²) in [6, 6.07) is 0. The molecule has 0 bridgehead atoms. The molecular weight excluding hydrogens is 332 g/mol. The van der Waals surface area contributed by atoms with E-state index >= 15 is 0 Å². The Morgan fingerprint density at radius 2 is 1.91 bits per heavy atom. The Labute approximate surface area is 147 Å². The van der Waals surface area contributed by atoms with E-state index < -0.39 is 0 Å². The SMILES string of the molecule is CCn1cc(CNC(=S)NCCCn2cc(Cl)c(C)n2)c(C)n1. The van der Waals surface area contributed by atoms with Crippen molar-refractivity contribution in [1.82, 2.24) is 30.2 Å². The molecule has 2 heterocycles. The molecule has 126 valence electrons. The van der Waals surface area contributed by atoms with Crippen LogP contribution in [0, 0.1) is 13.8 Å². The summed E-state index contributed by atoms with van der Waals surface area (Å²) in [5.41, 5.74) is 3.06. The normalized spacial score (nSPS) is 10.8. The van der Waals surface area contributed by atoms with Crippen LogP contribution in [0.1, 0.15) is 30.3 Å². The van der Waals surface area contributed by atoms with Gasteiger partial charge in [-0.2, -0.15) is 10.2 Å². The summed E-state index contributed by atoms with van der Waals surface area (Å²) in [6.07, 6.45) is 4.82. The van der Waals surface area contributed by atoms with Crippen LogP contribution >= 0.6 is 23.8 Å². The molecule has 0 fully saturated rings. The van der Waals surface area contributed by atoms with Gasteiger partial charge in [0.25, 0.3) is 0 Å². The fraction of sp³-hybridized carbons (Fsp3) is 0.533. The van der Waals surface area contributed by atoms with Crippen molar-refractivity contribution in [1.29, 1.82) is 0 Å². The molecule has 8 heteroatoms. The maximum Gasteiger partial charge on any atom is 0.166 e. The average Bonchev–Trinajstić information content (AvgIpc) is 3.04. The highest BCUT2D eigenvalue weighted by atomic mass is 35.5. The van der Waals surface area contributed by atoms with Crippen molar-refractivity contribution in [2.45, 2.75) is 46.8 Å². The van der Waals surface area contributed by atoms with E-state index in [4.69, 9.17) is 23.8 Å². The number of thiocarbonyl (C=S) groups is 1. The predicted octanol–water partition coefficient (Wildman–Crippen LogP) is 2.42. The van der Waals surface area contributed by atoms with Crippen molar-refractivity contribution in [2.24, 2.45) is 0 Å². The van der Waals surface area contributed by atoms with Crippen LogP contribution in [0.4, 0.5) is 0 Å². The molecule has 23 heavy (non-hydrogen) atoms. The lowest BCUT2D eigenvalue weighted by molar-refractivity contribution is 0.568. The number of hydrogen-bond acceptors (Lipinski definition) is 3. The van der Waals surface area contributed by atoms with E-state index in [1.807, 2.05) is 29.4 Å². The first-order chi connectivity index (χ1) is 11.0. The van der Waals surface area contributed by atoms with Crippen LogP contribution in [0.5, 0.6) is 0 Å². The minimum atomic E-state index is 0.656. The zero-order chi connectivity index (χ0) is 16.8. The van der Waals surface area contributed by atoms with Crippen LogP contribution in [0.15, 0.2) is 12.4 Å². The Kier molecular flexibility index (Phi) is 6.41. The third-order valence-corrected chi connectivity index (χ3v) is 4.21. The molecule has 0 amide bonds. The maximum atomic E-state index is 5.98. The van der Waals surface area contributed by atoms with Crippen molar-refractivity contribution >= 4 is 28.9 Å². The summed E-state index contributed by atoms with van der Waals surface area (Å²) in [5.74, 6) is 0. The summed E-state index contributed by atoms with van der Waals surface area (Å²) < 4.78 is 3.79. The van der Waals surface area contributed by atoms with E-state index in [9.17, 15) is 0 Å². The number of nitrogens with one attached hydrogen (secondary N) is 2. The van der Waals surface area contributed by atoms with E-state index in [1.54, 1.807) is 0 Å². The van der Waals surface area contributed by atoms with Crippen molar-refractivity contribution in [2.75, 3.05) is 6.54 Å². The molecule has 0 atom stereocenters. The topological polar surface area (TPSA) is 59.7 Å². The van der Waals surface area contributed by atoms with Crippen LogP contribution in [0.2, 0.25) is 5.02 Å². The summed E-state index contributed by atoms with van der Waals surface area (Å²) in [4.78, 5) is 0. The van der Waals surface area contributed by atoms with E-state index in [2.05, 4.69) is 34.0 Å². The molecule has 0 aromatic carbocycles. The molecule has 6 nitrogen and oxygen atoms in total. The van der Waals surface area contributed by atoms with Crippen LogP contribution < -0.4 is 10.6 Å². The van der Waals surface area contributed by atoms with Gasteiger partial charge in [-0.15, -0.1) is 0 Å². The van der Waals surface area contributed by atoms with E-state index in [-0.39, 0.29) is 0 Å². The predicted molar refractivity (Wildman–Crippen MR) is 96.7 cm³/mol. The molecule has 0 aliphatic carbocycles. The van der Waals surface area contributed by atoms with Gasteiger partial charge < -0.3 is 10.6 Å². The van der Waals surface area contributed by atoms with Gasteiger partial charge in [-0.1, -0.05) is 11.6 Å². The van der Waals surface area contributed by atoms with Crippen LogP contribution in [-0.2, 0) is 19.6 Å². The standard InChI is InChI=1S/C15H23ClN6S/c1-4-21-9-13(11(2)19-21)8-18-15(23)17-6-5-7-22-10-14(16)12(3)20-22/h9-10H,4-8H2,1-3H3,(H2,17,18,23). The molecule has 2 rings (SSSR count). The first-order valence-electron chi connectivity index (χ1n) is 7.73. The van der Waals surface area contributed by atoms with Crippen LogP contribution in [0.25, 0.3) is 0 Å². The van der Waals surface area contributed by atoms with Gasteiger partial charge in [-0.25, -0.2) is 0 Å². The smallest absolute Gasteiger partial charge is 0.166 e. The third-order valence-electron chi connectivity index (χ3n) is 3.55. The number of nitrogens with zero attached hydrogens (tertiary/aromatic N) is 4. The van der Waals surface area contributed by atoms with Gasteiger partial charge in [-0.05, 0) is 39.4 Å². The summed E-state index contributed by atoms with van der Waals surface area (Å²) >= 11 is 11.3. The lowest BCUT2D eigenvalue weighted by atomic mass is 10.3. The van der Waals surface area contributed by atoms with Crippen LogP contribution in [0.3, 0.4) is 0 Å². The van der Waals surface area contributed by atoms with Gasteiger partial charge >= 0.3 is 0 Å². The first kappa shape index (κ1) is 17.7. The second-order valence-corrected chi connectivity index (χ2v) is 6.20. The van der Waals surface area contributed by atoms with E-state index in [0.29, 0.717) is 16.7 Å². The highest BCUT2D eigenvalue weighted by molar-refractivity contribution is 7.80. The Bertz CT molecular complexity index is 643. The molecule has 0 saturated carbocycles. The minimum absolute atomic E-state index is 0.656. The van der Waals surface area contributed by atoms with E-state index in [0.717, 1.165) is 43.0 Å². The van der Waals surface area contributed by atoms with Gasteiger partial charge in [0.2, 0.25) is 0 Å². The van der Waals surface area contributed by atoms with E-state index in [1.165, 1.54) is 0 Å². The molecule has 2 aromatic heterocycles. The second-order valence-electron chi connectivity index (χ2n) is 5.38. The number of rotatable bonds is 7. The largest absolute Gasteiger partial charge is 0.363 e. The molecule has 0 saturated heterocycles. The Balaban J connectivity index is 1.66. The van der Waals surface area contributed by atoms with Crippen molar-refractivity contribution in [3.63, 3.8) is 0 Å². The fourth-order valence-electron chi connectivity index (χ4n) is 2.18. The monoisotopic (exact) mass is 354 g/mol. The van der Waals surface area contributed by atoms with Crippen molar-refractivity contribution in [3.8, 4) is 0 Å². The van der Waals surface area contributed by atoms with Gasteiger partial charge in [0.15, 0.2) is 5.11 Å². The lowest BCUT2D eigenvalue weighted by Gasteiger charge is -2.10. The highest BCUT2D eigenvalue weighted by Crippen LogP contribution is 2.11. The summed E-state index contributed by atoms with van der Waals surface area (Å²) in [7, 11) is 0. The zero-order valence-electron chi connectivity index (χ0n) is 13.8. The number of halogens is 1. The van der Waals surface area contributed by atoms with Crippen molar-refractivity contribution in [3.05, 3.63) is 34.4 Å². The summed E-state index contributed by atoms with van der Waals surface area (Å²) in [6.45, 7) is 9.15. The Morgan fingerprint density at radius 3 is 2.52 bits per heavy atom. The zero-order valence-corrected chi connectivity index (χ0v) is 15.3. The summed E-state index contributed by atoms with van der Waals surface area (Å²) in [5, 5.41) is 16.5. The lowest BCUT2D eigenvalue weighted by Crippen LogP contribution is -2.35. The first-order valence-corrected chi connectivity index (χ1v) is 8.52. The molecule has 0 aliphatic heterocycles. The molecule has 0 aliphatic rings. The molecule has 2 aromatic rings. The highest BCUT2D eigenvalue weighted by Gasteiger charge is 2.05. The molecular formula is C15H23ClN6S. The Morgan fingerprint density at radius 1 is 1.17 bits per heavy atom. The minimum Gasteiger partial charge on any atom is -0.363 e. The van der Waals surface area contributed by atoms with Gasteiger partial charge in [-0.3, -0.25) is 9.36 Å². The molecule has 0 radical (unpaired) electrons. The van der Waals surface area contributed by atoms with Gasteiger partial charge in [0.1, 0.15) is 0 Å². The fourth-order valence-corrected chi connectivity index (χ4v) is 2.51. The van der Waals surface area contributed by atoms with Gasteiger partial charge in [0.05, 0.1) is 16.4 Å². The number of aryl methyl sites for hydroxylation is 4. The molecule has 0 spiro atoms. The maximum absolute atomic E-state index is 5.98. The molecule has 2 N–H and O–H groups in total. The quantitative estimate of drug-likeness (QED) is 0.590. The van der Waals surface area contributed by atoms with Crippen LogP contribution in [-0.4, -0.2) is 31.2 Å². The van der Waals surface area contributed by atoms with Crippen molar-refractivity contribution < 1.29 is 0 Å². The van der Waals surface area contributed by atoms with Gasteiger partial charge in [0, 0.05) is 44.1 Å². The Hall–Kier alpha value is -1.60. The molecule has 0 unspecified atom stereocenters.